The standard InChI is InChI=1S/C15H10Br2N2O/c1-9-2-3-11(8-13(9)17)15-19-18-14(20-15)10-4-6-12(16)7-5-10/h2-8H,1H3. The van der Waals surface area contributed by atoms with Crippen LogP contribution < -0.4 is 0 Å². The molecule has 0 radical (unpaired) electrons. The maximum Gasteiger partial charge on any atom is 0.248 e. The molecule has 0 amide bonds. The molecule has 0 atom stereocenters. The normalized spacial score (nSPS) is 10.8. The third-order valence-electron chi connectivity index (χ3n) is 2.93. The van der Waals surface area contributed by atoms with Crippen LogP contribution in [-0.2, 0) is 0 Å². The Bertz CT molecular complexity index is 751. The maximum absolute atomic E-state index is 5.73. The quantitative estimate of drug-likeness (QED) is 0.597. The lowest BCUT2D eigenvalue weighted by Crippen LogP contribution is -1.80. The number of halogens is 2. The number of aromatic nitrogens is 2. The van der Waals surface area contributed by atoms with Crippen molar-refractivity contribution in [1.82, 2.24) is 10.2 Å². The first-order valence-corrected chi connectivity index (χ1v) is 7.58. The molecule has 5 heteroatoms. The highest BCUT2D eigenvalue weighted by atomic mass is 79.9. The second-order valence-electron chi connectivity index (χ2n) is 4.38. The first-order chi connectivity index (χ1) is 9.63. The fourth-order valence-corrected chi connectivity index (χ4v) is 2.42. The van der Waals surface area contributed by atoms with Crippen LogP contribution in [0.3, 0.4) is 0 Å². The summed E-state index contributed by atoms with van der Waals surface area (Å²) in [6, 6.07) is 13.7. The fraction of sp³-hybridized carbons (Fsp3) is 0.0667. The van der Waals surface area contributed by atoms with Gasteiger partial charge < -0.3 is 4.42 Å². The van der Waals surface area contributed by atoms with E-state index in [0.717, 1.165) is 20.1 Å². The minimum absolute atomic E-state index is 0.517. The van der Waals surface area contributed by atoms with E-state index in [1.165, 1.54) is 5.56 Å². The summed E-state index contributed by atoms with van der Waals surface area (Å²) in [6.45, 7) is 2.04. The van der Waals surface area contributed by atoms with Crippen LogP contribution in [0.15, 0.2) is 55.8 Å². The highest BCUT2D eigenvalue weighted by Gasteiger charge is 2.11. The van der Waals surface area contributed by atoms with E-state index in [0.29, 0.717) is 11.8 Å². The van der Waals surface area contributed by atoms with Gasteiger partial charge in [-0.1, -0.05) is 37.9 Å². The van der Waals surface area contributed by atoms with E-state index in [4.69, 9.17) is 4.42 Å². The monoisotopic (exact) mass is 392 g/mol. The lowest BCUT2D eigenvalue weighted by molar-refractivity contribution is 0.584. The van der Waals surface area contributed by atoms with E-state index >= 15 is 0 Å². The molecule has 0 aliphatic rings. The van der Waals surface area contributed by atoms with E-state index in [9.17, 15) is 0 Å². The summed E-state index contributed by atoms with van der Waals surface area (Å²) < 4.78 is 7.78. The van der Waals surface area contributed by atoms with Gasteiger partial charge in [0, 0.05) is 20.1 Å². The number of rotatable bonds is 2. The Morgan fingerprint density at radius 3 is 2.10 bits per heavy atom. The molecule has 1 heterocycles. The average Bonchev–Trinajstić information content (AvgIpc) is 2.92. The lowest BCUT2D eigenvalue weighted by Gasteiger charge is -1.99. The van der Waals surface area contributed by atoms with Gasteiger partial charge in [0.15, 0.2) is 0 Å². The summed E-state index contributed by atoms with van der Waals surface area (Å²) in [6.07, 6.45) is 0. The zero-order valence-corrected chi connectivity index (χ0v) is 13.8. The minimum Gasteiger partial charge on any atom is -0.416 e. The van der Waals surface area contributed by atoms with Gasteiger partial charge in [0.1, 0.15) is 0 Å². The van der Waals surface area contributed by atoms with Crippen molar-refractivity contribution < 1.29 is 4.42 Å². The zero-order chi connectivity index (χ0) is 14.1. The summed E-state index contributed by atoms with van der Waals surface area (Å²) in [5.74, 6) is 1.04. The lowest BCUT2D eigenvalue weighted by atomic mass is 10.1. The van der Waals surface area contributed by atoms with Crippen molar-refractivity contribution in [3.05, 3.63) is 57.0 Å². The summed E-state index contributed by atoms with van der Waals surface area (Å²) in [7, 11) is 0. The van der Waals surface area contributed by atoms with Gasteiger partial charge in [-0.05, 0) is 48.9 Å². The molecule has 100 valence electrons. The Morgan fingerprint density at radius 2 is 1.45 bits per heavy atom. The van der Waals surface area contributed by atoms with Gasteiger partial charge in [0.05, 0.1) is 0 Å². The Morgan fingerprint density at radius 1 is 0.850 bits per heavy atom. The zero-order valence-electron chi connectivity index (χ0n) is 10.6. The molecule has 0 aliphatic carbocycles. The first kappa shape index (κ1) is 13.5. The van der Waals surface area contributed by atoms with E-state index < -0.39 is 0 Å². The van der Waals surface area contributed by atoms with Gasteiger partial charge in [-0.15, -0.1) is 10.2 Å². The molecule has 0 fully saturated rings. The molecule has 20 heavy (non-hydrogen) atoms. The Balaban J connectivity index is 1.97. The maximum atomic E-state index is 5.73. The van der Waals surface area contributed by atoms with Crippen molar-refractivity contribution in [2.24, 2.45) is 0 Å². The van der Waals surface area contributed by atoms with Crippen LogP contribution in [0.5, 0.6) is 0 Å². The van der Waals surface area contributed by atoms with Crippen LogP contribution in [-0.4, -0.2) is 10.2 Å². The topological polar surface area (TPSA) is 38.9 Å². The van der Waals surface area contributed by atoms with Crippen molar-refractivity contribution in [2.45, 2.75) is 6.92 Å². The molecule has 0 bridgehead atoms. The highest BCUT2D eigenvalue weighted by molar-refractivity contribution is 9.10. The molecule has 3 nitrogen and oxygen atoms in total. The predicted octanol–water partition coefficient (Wildman–Crippen LogP) is 5.24. The Kier molecular flexibility index (Phi) is 3.72. The van der Waals surface area contributed by atoms with Crippen LogP contribution in [0.25, 0.3) is 22.9 Å². The molecule has 0 saturated heterocycles. The number of nitrogens with zero attached hydrogens (tertiary/aromatic N) is 2. The molecule has 0 spiro atoms. The van der Waals surface area contributed by atoms with Gasteiger partial charge in [-0.3, -0.25) is 0 Å². The Hall–Kier alpha value is -1.46. The third-order valence-corrected chi connectivity index (χ3v) is 4.32. The number of aryl methyl sites for hydroxylation is 1. The van der Waals surface area contributed by atoms with Crippen molar-refractivity contribution in [2.75, 3.05) is 0 Å². The average molecular weight is 394 g/mol. The van der Waals surface area contributed by atoms with Gasteiger partial charge in [-0.25, -0.2) is 0 Å². The molecule has 3 rings (SSSR count). The van der Waals surface area contributed by atoms with Gasteiger partial charge in [-0.2, -0.15) is 0 Å². The second kappa shape index (κ2) is 5.50. The van der Waals surface area contributed by atoms with Gasteiger partial charge in [0.2, 0.25) is 11.8 Å². The van der Waals surface area contributed by atoms with Crippen molar-refractivity contribution >= 4 is 31.9 Å². The third kappa shape index (κ3) is 2.69. The van der Waals surface area contributed by atoms with E-state index in [1.54, 1.807) is 0 Å². The predicted molar refractivity (Wildman–Crippen MR) is 85.3 cm³/mol. The molecule has 3 aromatic rings. The van der Waals surface area contributed by atoms with Crippen LogP contribution in [0.4, 0.5) is 0 Å². The second-order valence-corrected chi connectivity index (χ2v) is 6.15. The summed E-state index contributed by atoms with van der Waals surface area (Å²) in [4.78, 5) is 0. The SMILES string of the molecule is Cc1ccc(-c2nnc(-c3ccc(Br)cc3)o2)cc1Br. The van der Waals surface area contributed by atoms with E-state index in [-0.39, 0.29) is 0 Å². The van der Waals surface area contributed by atoms with Crippen molar-refractivity contribution in [3.8, 4) is 22.9 Å². The summed E-state index contributed by atoms with van der Waals surface area (Å²) >= 11 is 6.91. The number of hydrogen-bond acceptors (Lipinski definition) is 3. The minimum atomic E-state index is 0.517. The van der Waals surface area contributed by atoms with Crippen LogP contribution in [0.2, 0.25) is 0 Å². The van der Waals surface area contributed by atoms with E-state index in [1.807, 2.05) is 49.4 Å². The van der Waals surface area contributed by atoms with Gasteiger partial charge in [0.25, 0.3) is 0 Å². The van der Waals surface area contributed by atoms with Crippen LogP contribution in [0, 0.1) is 6.92 Å². The van der Waals surface area contributed by atoms with E-state index in [2.05, 4.69) is 42.1 Å². The number of benzene rings is 2. The molecular weight excluding hydrogens is 384 g/mol. The molecular formula is C15H10Br2N2O. The fourth-order valence-electron chi connectivity index (χ4n) is 1.77. The first-order valence-electron chi connectivity index (χ1n) is 5.99. The van der Waals surface area contributed by atoms with Crippen molar-refractivity contribution in [1.29, 1.82) is 0 Å². The Labute approximate surface area is 133 Å². The molecule has 0 saturated carbocycles. The summed E-state index contributed by atoms with van der Waals surface area (Å²) in [5.41, 5.74) is 2.97. The van der Waals surface area contributed by atoms with Crippen LogP contribution in [0.1, 0.15) is 5.56 Å². The van der Waals surface area contributed by atoms with Gasteiger partial charge >= 0.3 is 0 Å². The molecule has 2 aromatic carbocycles. The van der Waals surface area contributed by atoms with Crippen molar-refractivity contribution in [3.63, 3.8) is 0 Å². The molecule has 1 aromatic heterocycles. The smallest absolute Gasteiger partial charge is 0.248 e. The highest BCUT2D eigenvalue weighted by Crippen LogP contribution is 2.27. The molecule has 0 N–H and O–H groups in total. The number of hydrogen-bond donors (Lipinski definition) is 0. The molecule has 0 unspecified atom stereocenters. The summed E-state index contributed by atoms with van der Waals surface area (Å²) in [5, 5.41) is 8.20. The van der Waals surface area contributed by atoms with Crippen LogP contribution >= 0.6 is 31.9 Å². The molecule has 0 aliphatic heterocycles. The largest absolute Gasteiger partial charge is 0.416 e.